The van der Waals surface area contributed by atoms with Crippen molar-refractivity contribution in [3.63, 3.8) is 0 Å². The maximum atomic E-state index is 5.23. The number of hydrogen-bond acceptors (Lipinski definition) is 4. The first kappa shape index (κ1) is 14.5. The smallest absolute Gasteiger partial charge is 0.217 e. The summed E-state index contributed by atoms with van der Waals surface area (Å²) < 4.78 is 10.3. The quantitative estimate of drug-likeness (QED) is 0.841. The normalized spacial score (nSPS) is 10.5. The number of aromatic nitrogens is 1. The molecule has 0 aliphatic heterocycles. The van der Waals surface area contributed by atoms with E-state index in [2.05, 4.69) is 34.6 Å². The Morgan fingerprint density at radius 3 is 2.45 bits per heavy atom. The van der Waals surface area contributed by atoms with Crippen LogP contribution in [0.4, 0.5) is 0 Å². The summed E-state index contributed by atoms with van der Waals surface area (Å²) in [5, 5.41) is 3.39. The lowest BCUT2D eigenvalue weighted by molar-refractivity contribution is 0.185. The van der Waals surface area contributed by atoms with Crippen molar-refractivity contribution in [3.05, 3.63) is 59.3 Å². The SMILES string of the molecule is COCc1ccc(CNCc2cccnc2OC)cc1. The molecule has 0 saturated carbocycles. The molecule has 0 saturated heterocycles. The molecule has 4 heteroatoms. The van der Waals surface area contributed by atoms with Gasteiger partial charge in [0.15, 0.2) is 0 Å². The predicted octanol–water partition coefficient (Wildman–Crippen LogP) is 2.53. The Labute approximate surface area is 119 Å². The first-order valence-corrected chi connectivity index (χ1v) is 6.59. The summed E-state index contributed by atoms with van der Waals surface area (Å²) >= 11 is 0. The van der Waals surface area contributed by atoms with Crippen LogP contribution in [0, 0.1) is 0 Å². The molecule has 1 aromatic heterocycles. The van der Waals surface area contributed by atoms with Crippen LogP contribution < -0.4 is 10.1 Å². The van der Waals surface area contributed by atoms with Crippen LogP contribution >= 0.6 is 0 Å². The van der Waals surface area contributed by atoms with Gasteiger partial charge in [0.2, 0.25) is 5.88 Å². The molecule has 0 aliphatic rings. The number of nitrogens with zero attached hydrogens (tertiary/aromatic N) is 1. The lowest BCUT2D eigenvalue weighted by Gasteiger charge is -2.09. The average molecular weight is 272 g/mol. The molecule has 1 heterocycles. The average Bonchev–Trinajstić information content (AvgIpc) is 2.50. The minimum Gasteiger partial charge on any atom is -0.481 e. The zero-order valence-corrected chi connectivity index (χ0v) is 11.9. The number of benzene rings is 1. The first-order valence-electron chi connectivity index (χ1n) is 6.59. The van der Waals surface area contributed by atoms with E-state index in [1.165, 1.54) is 11.1 Å². The molecule has 0 spiro atoms. The molecular formula is C16H20N2O2. The van der Waals surface area contributed by atoms with Gasteiger partial charge in [0.25, 0.3) is 0 Å². The van der Waals surface area contributed by atoms with Crippen molar-refractivity contribution in [1.29, 1.82) is 0 Å². The predicted molar refractivity (Wildman–Crippen MR) is 78.5 cm³/mol. The van der Waals surface area contributed by atoms with Crippen LogP contribution in [0.1, 0.15) is 16.7 Å². The lowest BCUT2D eigenvalue weighted by Crippen LogP contribution is -2.13. The van der Waals surface area contributed by atoms with Crippen molar-refractivity contribution in [2.24, 2.45) is 0 Å². The molecule has 1 aromatic carbocycles. The molecule has 0 atom stereocenters. The van der Waals surface area contributed by atoms with Gasteiger partial charge < -0.3 is 14.8 Å². The standard InChI is InChI=1S/C16H20N2O2/c1-19-12-14-7-5-13(6-8-14)10-17-11-15-4-3-9-18-16(15)20-2/h3-9,17H,10-12H2,1-2H3. The van der Waals surface area contributed by atoms with E-state index in [0.717, 1.165) is 18.7 Å². The van der Waals surface area contributed by atoms with Gasteiger partial charge >= 0.3 is 0 Å². The molecule has 2 rings (SSSR count). The molecule has 0 radical (unpaired) electrons. The second-order valence-electron chi connectivity index (χ2n) is 4.52. The number of rotatable bonds is 7. The Balaban J connectivity index is 1.86. The Bertz CT molecular complexity index is 526. The Kier molecular flexibility index (Phi) is 5.53. The third kappa shape index (κ3) is 4.05. The fourth-order valence-electron chi connectivity index (χ4n) is 2.00. The van der Waals surface area contributed by atoms with Gasteiger partial charge in [-0.15, -0.1) is 0 Å². The van der Waals surface area contributed by atoms with Crippen molar-refractivity contribution in [2.75, 3.05) is 14.2 Å². The van der Waals surface area contributed by atoms with Crippen molar-refractivity contribution in [2.45, 2.75) is 19.7 Å². The maximum Gasteiger partial charge on any atom is 0.217 e. The third-order valence-electron chi connectivity index (χ3n) is 3.02. The van der Waals surface area contributed by atoms with Gasteiger partial charge in [-0.3, -0.25) is 0 Å². The molecule has 106 valence electrons. The summed E-state index contributed by atoms with van der Waals surface area (Å²) in [5.41, 5.74) is 3.49. The van der Waals surface area contributed by atoms with Crippen molar-refractivity contribution in [1.82, 2.24) is 10.3 Å². The van der Waals surface area contributed by atoms with Gasteiger partial charge in [0, 0.05) is 32.0 Å². The maximum absolute atomic E-state index is 5.23. The summed E-state index contributed by atoms with van der Waals surface area (Å²) in [7, 11) is 3.34. The van der Waals surface area contributed by atoms with Gasteiger partial charge in [-0.25, -0.2) is 4.98 Å². The third-order valence-corrected chi connectivity index (χ3v) is 3.02. The minimum atomic E-state index is 0.653. The summed E-state index contributed by atoms with van der Waals surface area (Å²) in [6, 6.07) is 12.3. The highest BCUT2D eigenvalue weighted by Gasteiger charge is 2.02. The van der Waals surface area contributed by atoms with Crippen molar-refractivity contribution < 1.29 is 9.47 Å². The van der Waals surface area contributed by atoms with E-state index < -0.39 is 0 Å². The highest BCUT2D eigenvalue weighted by molar-refractivity contribution is 5.25. The molecule has 0 aliphatic carbocycles. The van der Waals surface area contributed by atoms with Crippen LogP contribution in [0.2, 0.25) is 0 Å². The zero-order chi connectivity index (χ0) is 14.2. The van der Waals surface area contributed by atoms with E-state index in [1.807, 2.05) is 12.1 Å². The summed E-state index contributed by atoms with van der Waals surface area (Å²) in [4.78, 5) is 4.18. The highest BCUT2D eigenvalue weighted by Crippen LogP contribution is 2.13. The number of pyridine rings is 1. The van der Waals surface area contributed by atoms with Crippen LogP contribution in [-0.2, 0) is 24.4 Å². The minimum absolute atomic E-state index is 0.653. The van der Waals surface area contributed by atoms with Gasteiger partial charge in [0.05, 0.1) is 13.7 Å². The molecule has 0 bridgehead atoms. The monoisotopic (exact) mass is 272 g/mol. The zero-order valence-electron chi connectivity index (χ0n) is 11.9. The van der Waals surface area contributed by atoms with Crippen molar-refractivity contribution in [3.8, 4) is 5.88 Å². The number of methoxy groups -OCH3 is 2. The topological polar surface area (TPSA) is 43.4 Å². The van der Waals surface area contributed by atoms with E-state index in [-0.39, 0.29) is 0 Å². The van der Waals surface area contributed by atoms with Crippen LogP contribution in [0.5, 0.6) is 5.88 Å². The fraction of sp³-hybridized carbons (Fsp3) is 0.312. The van der Waals surface area contributed by atoms with E-state index in [1.54, 1.807) is 20.4 Å². The Morgan fingerprint density at radius 1 is 1.00 bits per heavy atom. The second kappa shape index (κ2) is 7.62. The van der Waals surface area contributed by atoms with E-state index in [9.17, 15) is 0 Å². The van der Waals surface area contributed by atoms with Crippen LogP contribution in [-0.4, -0.2) is 19.2 Å². The number of hydrogen-bond donors (Lipinski definition) is 1. The van der Waals surface area contributed by atoms with E-state index in [4.69, 9.17) is 9.47 Å². The Hall–Kier alpha value is -1.91. The first-order chi connectivity index (χ1) is 9.83. The molecule has 2 aromatic rings. The summed E-state index contributed by atoms with van der Waals surface area (Å²) in [6.45, 7) is 2.20. The molecule has 20 heavy (non-hydrogen) atoms. The van der Waals surface area contributed by atoms with E-state index >= 15 is 0 Å². The summed E-state index contributed by atoms with van der Waals surface area (Å²) in [5.74, 6) is 0.676. The molecule has 0 unspecified atom stereocenters. The fourth-order valence-corrected chi connectivity index (χ4v) is 2.00. The number of ether oxygens (including phenoxy) is 2. The summed E-state index contributed by atoms with van der Waals surface area (Å²) in [6.07, 6.45) is 1.73. The molecule has 0 amide bonds. The molecule has 1 N–H and O–H groups in total. The van der Waals surface area contributed by atoms with Crippen LogP contribution in [0.3, 0.4) is 0 Å². The molecule has 0 fully saturated rings. The Morgan fingerprint density at radius 2 is 1.75 bits per heavy atom. The van der Waals surface area contributed by atoms with Crippen molar-refractivity contribution >= 4 is 0 Å². The second-order valence-corrected chi connectivity index (χ2v) is 4.52. The van der Waals surface area contributed by atoms with Gasteiger partial charge in [-0.05, 0) is 17.2 Å². The largest absolute Gasteiger partial charge is 0.481 e. The highest BCUT2D eigenvalue weighted by atomic mass is 16.5. The van der Waals surface area contributed by atoms with E-state index in [0.29, 0.717) is 12.5 Å². The molecule has 4 nitrogen and oxygen atoms in total. The lowest BCUT2D eigenvalue weighted by atomic mass is 10.1. The van der Waals surface area contributed by atoms with Gasteiger partial charge in [-0.1, -0.05) is 30.3 Å². The van der Waals surface area contributed by atoms with Crippen LogP contribution in [0.15, 0.2) is 42.6 Å². The number of nitrogens with one attached hydrogen (secondary N) is 1. The van der Waals surface area contributed by atoms with Gasteiger partial charge in [-0.2, -0.15) is 0 Å². The van der Waals surface area contributed by atoms with Gasteiger partial charge in [0.1, 0.15) is 0 Å². The molecular weight excluding hydrogens is 252 g/mol. The van der Waals surface area contributed by atoms with Crippen LogP contribution in [0.25, 0.3) is 0 Å².